The third-order valence-corrected chi connectivity index (χ3v) is 20.5. The van der Waals surface area contributed by atoms with Crippen molar-refractivity contribution in [1.82, 2.24) is 41.2 Å². The maximum atomic E-state index is 12.2. The topological polar surface area (TPSA) is 516 Å². The largest absolute Gasteiger partial charge is 0.505 e. The van der Waals surface area contributed by atoms with E-state index in [1.807, 2.05) is 10.6 Å². The molecule has 0 fully saturated rings. The number of hydrogen-bond donors (Lipinski definition) is 7. The highest BCUT2D eigenvalue weighted by molar-refractivity contribution is 9.11. The number of dihydropyridines is 2. The summed E-state index contributed by atoms with van der Waals surface area (Å²) in [5.41, 5.74) is 16.4. The van der Waals surface area contributed by atoms with Gasteiger partial charge in [-0.3, -0.25) is 49.2 Å². The number of aromatic hydroxyl groups is 1. The van der Waals surface area contributed by atoms with Gasteiger partial charge in [0.05, 0.1) is 86.2 Å². The Morgan fingerprint density at radius 3 is 1.52 bits per heavy atom. The summed E-state index contributed by atoms with van der Waals surface area (Å²) in [4.78, 5) is 119. The number of rotatable bonds is 18. The van der Waals surface area contributed by atoms with Crippen LogP contribution in [-0.2, 0) is 44.8 Å². The van der Waals surface area contributed by atoms with Crippen LogP contribution in [0.5, 0.6) is 40.5 Å². The maximum Gasteiger partial charge on any atom is 0.414 e. The monoisotopic (exact) mass is 2330 g/mol. The molecule has 0 spiro atoms. The molecule has 0 bridgehead atoms. The van der Waals surface area contributed by atoms with Gasteiger partial charge in [0.25, 0.3) is 23.9 Å². The van der Waals surface area contributed by atoms with Crippen LogP contribution < -0.4 is 57.4 Å². The van der Waals surface area contributed by atoms with Crippen molar-refractivity contribution in [2.24, 2.45) is 31.9 Å². The number of hydrogen-bond acceptors (Lipinski definition) is 30. The summed E-state index contributed by atoms with van der Waals surface area (Å²) < 4.78 is 186. The number of benzene rings is 5. The van der Waals surface area contributed by atoms with Gasteiger partial charge in [-0.05, 0) is 206 Å². The molecule has 8 aromatic rings. The molecule has 5 unspecified atom stereocenters. The lowest BCUT2D eigenvalue weighted by molar-refractivity contribution is -0.124. The van der Waals surface area contributed by atoms with Crippen molar-refractivity contribution >= 4 is 274 Å². The molecule has 5 atom stereocenters. The number of Topliss-reactive ketones (excluding diaryl/α,β-unsaturated/α-hetero) is 3. The number of alkyl carbamates (subject to hydrolysis) is 2. The summed E-state index contributed by atoms with van der Waals surface area (Å²) in [6.07, 6.45) is -2.34. The molecular weight excluding hydrogens is 2240 g/mol. The molecular formula is C85H80BBr5Cl8N19O16. The number of hydrazone groups is 1. The van der Waals surface area contributed by atoms with Gasteiger partial charge in [0, 0.05) is 86.9 Å². The molecule has 49 heteroatoms. The minimum Gasteiger partial charge on any atom is -0.505 e. The van der Waals surface area contributed by atoms with Crippen molar-refractivity contribution in [1.29, 1.82) is 10.5 Å². The molecule has 6 heterocycles. The van der Waals surface area contributed by atoms with Crippen LogP contribution in [-0.4, -0.2) is 147 Å². The fourth-order valence-corrected chi connectivity index (χ4v) is 14.7. The summed E-state index contributed by atoms with van der Waals surface area (Å²) in [6, 6.07) is 16.2. The van der Waals surface area contributed by atoms with Gasteiger partial charge in [-0.25, -0.2) is 31.2 Å². The summed E-state index contributed by atoms with van der Waals surface area (Å²) >= 11 is 63.6. The minimum absolute atomic E-state index is 0. The maximum absolute atomic E-state index is 12.2. The number of halogens is 13. The van der Waals surface area contributed by atoms with E-state index in [-0.39, 0.29) is 191 Å². The van der Waals surface area contributed by atoms with Gasteiger partial charge in [-0.1, -0.05) is 162 Å². The number of aliphatic imine (C=N–C) groups is 3. The van der Waals surface area contributed by atoms with Gasteiger partial charge in [-0.2, -0.15) is 20.6 Å². The summed E-state index contributed by atoms with van der Waals surface area (Å²) in [6.45, 7) is 3.31. The number of nitrogens with two attached hydrogens (primary N) is 3. The number of ketones is 3. The Morgan fingerprint density at radius 1 is 0.597 bits per heavy atom. The molecule has 3 radical (unpaired) electrons. The summed E-state index contributed by atoms with van der Waals surface area (Å²) in [5, 5.41) is 56.0. The second kappa shape index (κ2) is 56.0. The fourth-order valence-electron chi connectivity index (χ4n) is 9.45. The SMILES string of the molecule is Nc1cc(Cl)c(O)c(Br)c1.[2H]C1=C(C(C)C([2H])([2H])[2H])C(=O)CN=C1Oc1c(Cl)cc(CN=C(C#N)C(=O)NC(=O)OCC)cc1Br.[2H]C1=C(C(C)C([2H])([2H])[2H])C(=O)CN=C1Oc1c(Cl)cc(N2N=C(C#N)C(=O)CC2=O)cc1Br.[2H]c1c(Cl)nnc(Cl)c1C(C)C([2H])([2H])[2H].[2H]c1c(Oc2c(Cl)cc(N)cc2Br)n[nH]c(=O)c1C(C)C([2H])([2H])[2H].[2H]c1c(Oc2c(Cl)cc(N)cc2Br)nnc(Cl)c1C(C)C([2H])([2H])[2H].[B].[C-]#[N+]CC(=O)NC(=O)OCC. The lowest BCUT2D eigenvalue weighted by Crippen LogP contribution is -2.36. The van der Waals surface area contributed by atoms with Gasteiger partial charge in [-0.15, -0.1) is 25.5 Å². The zero-order valence-corrected chi connectivity index (χ0v) is 83.7. The molecule has 705 valence electrons. The Hall–Kier alpha value is -10.7. The number of amides is 5. The molecule has 3 aliphatic rings. The number of phenols is 1. The highest BCUT2D eigenvalue weighted by atomic mass is 79.9. The number of nitrogens with one attached hydrogen (secondary N) is 3. The smallest absolute Gasteiger partial charge is 0.414 e. The minimum atomic E-state index is -2.50. The third kappa shape index (κ3) is 36.2. The molecule has 3 aliphatic heterocycles. The molecule has 0 saturated carbocycles. The fraction of sp³-hybridized carbons (Fsp3) is 0.282. The van der Waals surface area contributed by atoms with Gasteiger partial charge in [0.15, 0.2) is 50.0 Å². The number of aromatic amines is 1. The summed E-state index contributed by atoms with van der Waals surface area (Å²) in [7, 11) is 0. The predicted octanol–water partition coefficient (Wildman–Crippen LogP) is 20.8. The van der Waals surface area contributed by atoms with Gasteiger partial charge >= 0.3 is 18.1 Å². The van der Waals surface area contributed by atoms with Gasteiger partial charge in [0.1, 0.15) is 31.0 Å². The number of phenolic OH excluding ortho intramolecular Hbond substituents is 1. The number of carbonyl (C=O) groups is 8. The zero-order valence-electron chi connectivity index (χ0n) is 89.7. The summed E-state index contributed by atoms with van der Waals surface area (Å²) in [5.74, 6) is -10.3. The number of imide groups is 2. The van der Waals surface area contributed by atoms with Crippen LogP contribution in [0.3, 0.4) is 0 Å². The number of nitrogens with zero attached hydrogens (tertiary/aromatic N) is 13. The van der Waals surface area contributed by atoms with E-state index < -0.39 is 153 Å². The predicted molar refractivity (Wildman–Crippen MR) is 533 cm³/mol. The van der Waals surface area contributed by atoms with E-state index in [1.54, 1.807) is 44.2 Å². The van der Waals surface area contributed by atoms with Crippen molar-refractivity contribution in [3.8, 4) is 52.6 Å². The molecule has 134 heavy (non-hydrogen) atoms. The van der Waals surface area contributed by atoms with E-state index >= 15 is 0 Å². The molecule has 35 nitrogen and oxygen atoms in total. The Labute approximate surface area is 880 Å². The molecule has 5 aromatic carbocycles. The van der Waals surface area contributed by atoms with E-state index in [1.165, 1.54) is 77.1 Å². The molecule has 11 rings (SSSR count). The molecule has 3 aromatic heterocycles. The number of aromatic nitrogens is 6. The highest BCUT2D eigenvalue weighted by Gasteiger charge is 2.31. The number of anilines is 4. The number of carbonyl (C=O) groups excluding carboxylic acids is 8. The quantitative estimate of drug-likeness (QED) is 0.0105. The number of ether oxygens (including phenoxy) is 6. The second-order valence-electron chi connectivity index (χ2n) is 25.7. The average Bonchev–Trinajstić information content (AvgIpc) is 0.782. The standard InChI is InChI=1S/C21H20BrClN4O5.C19H14BrClN4O4.C13H12BrCl2N3O.C13H13BrClN3O2.C7H8Cl2N2.C6H5BrClNO.C6H8N2O3.B/c1-4-31-21(30)27-20(29)16(8-24)25-9-12-5-14(22)19(15(23)6-12)32-18-7-13(11(2)3)17(28)10-26-18;1-9(2)11-5-17(23-8-16(11)27)29-19-12(20)3-10(4-13(19)21)25-18(28)6-15(26)14(7-22)24-25;1-6(2)8-5-11(18-19-13(8)16)20-12-9(14)3-7(17)4-10(12)15;1-6(2)8-5-11(17-18-13(8)19)20-12-9(14)3-7(16)4-10(12)15;1-4(2)5-3-6(8)10-11-7(5)9;7-4-1-3(9)2-5(8)6(4)10;1-3-11-6(10)8-5(9)4-7-2;/h5-7,11H,4,9-10H2,1-3H3,(H,27,29,30);3-5,9H,6,8H2,1-2H3;3-6H,17H2,1-2H3;3-6H,16H2,1-2H3,(H,18,19);3-4H,1-2H3;1-2,10H,9H2;3-4H2,1H3,(H,8,9,10);/i2D3,7D;3*1D3,5D;1D3,3D;;;. The van der Waals surface area contributed by atoms with Crippen molar-refractivity contribution < 1.29 is 99.3 Å². The van der Waals surface area contributed by atoms with E-state index in [0.717, 1.165) is 5.01 Å². The highest BCUT2D eigenvalue weighted by Crippen LogP contribution is 2.43. The van der Waals surface area contributed by atoms with Gasteiger partial charge in [0.2, 0.25) is 40.8 Å². The van der Waals surface area contributed by atoms with Crippen molar-refractivity contribution in [2.45, 2.75) is 113 Å². The van der Waals surface area contributed by atoms with Crippen LogP contribution >= 0.6 is 172 Å². The zero-order chi connectivity index (χ0) is 117. The Balaban J connectivity index is 0.000000388. The van der Waals surface area contributed by atoms with Crippen LogP contribution in [0.2, 0.25) is 40.6 Å². The first-order valence-corrected chi connectivity index (χ1v) is 43.8. The lowest BCUT2D eigenvalue weighted by Gasteiger charge is -2.22. The third-order valence-electron chi connectivity index (χ3n) is 15.4. The average molecular weight is 2340 g/mol. The van der Waals surface area contributed by atoms with Crippen LogP contribution in [0.1, 0.15) is 157 Å². The van der Waals surface area contributed by atoms with Crippen LogP contribution in [0.25, 0.3) is 4.85 Å². The molecule has 0 aliphatic carbocycles. The van der Waals surface area contributed by atoms with E-state index in [2.05, 4.69) is 145 Å². The number of H-pyrrole nitrogens is 1. The van der Waals surface area contributed by atoms with Gasteiger partial charge < -0.3 is 55.6 Å². The normalized spacial score (nSPS) is 16.3. The first kappa shape index (κ1) is 86.2. The Morgan fingerprint density at radius 2 is 1.04 bits per heavy atom. The van der Waals surface area contributed by atoms with Crippen LogP contribution in [0, 0.1) is 41.1 Å². The first-order chi connectivity index (χ1) is 70.7. The molecule has 0 saturated heterocycles. The van der Waals surface area contributed by atoms with E-state index in [9.17, 15) is 43.2 Å². The number of nitriles is 2. The van der Waals surface area contributed by atoms with Crippen LogP contribution in [0.4, 0.5) is 32.3 Å². The van der Waals surface area contributed by atoms with Crippen molar-refractivity contribution in [3.05, 3.63) is 209 Å². The number of nitrogen functional groups attached to an aromatic ring is 3. The first-order valence-electron chi connectivity index (χ1n) is 46.8. The van der Waals surface area contributed by atoms with Crippen molar-refractivity contribution in [2.75, 3.05) is 55.1 Å². The Bertz CT molecular complexity index is 6980. The lowest BCUT2D eigenvalue weighted by atomic mass is 9.97. The molecule has 5 amide bonds. The van der Waals surface area contributed by atoms with E-state index in [0.29, 0.717) is 40.5 Å². The van der Waals surface area contributed by atoms with Crippen LogP contribution in [0.15, 0.2) is 149 Å². The second-order valence-corrected chi connectivity index (χ2v) is 33.1. The van der Waals surface area contributed by atoms with Crippen molar-refractivity contribution in [3.63, 3.8) is 0 Å². The Kier molecular flexibility index (Phi) is 36.0. The molecule has 10 N–H and O–H groups in total. The van der Waals surface area contributed by atoms with E-state index in [4.69, 9.17) is 179 Å².